The lowest BCUT2D eigenvalue weighted by molar-refractivity contribution is -0.122. The van der Waals surface area contributed by atoms with Crippen molar-refractivity contribution in [2.45, 2.75) is 26.4 Å². The van der Waals surface area contributed by atoms with Crippen LogP contribution in [0.1, 0.15) is 18.1 Å². The number of carbonyl (C=O) groups excluding carboxylic acids is 1. The number of carbonyl (C=O) groups is 1. The van der Waals surface area contributed by atoms with E-state index >= 15 is 0 Å². The largest absolute Gasteiger partial charge is 0.491 e. The summed E-state index contributed by atoms with van der Waals surface area (Å²) in [5, 5.41) is 8.80. The van der Waals surface area contributed by atoms with E-state index in [1.807, 2.05) is 54.3 Å². The minimum Gasteiger partial charge on any atom is -0.491 e. The Hall–Kier alpha value is -2.37. The van der Waals surface area contributed by atoms with Gasteiger partial charge in [-0.15, -0.1) is 0 Å². The first-order chi connectivity index (χ1) is 12.6. The Labute approximate surface area is 154 Å². The minimum absolute atomic E-state index is 0.00654. The smallest absolute Gasteiger partial charge is 0.241 e. The molecule has 0 radical (unpaired) electrons. The maximum atomic E-state index is 12.7. The van der Waals surface area contributed by atoms with Crippen molar-refractivity contribution in [1.29, 1.82) is 0 Å². The molecule has 0 aliphatic carbocycles. The monoisotopic (exact) mass is 354 g/mol. The molecule has 1 atom stereocenters. The fraction of sp³-hybridized carbons (Fsp3) is 0.381. The fourth-order valence-corrected chi connectivity index (χ4v) is 3.24. The molecule has 138 valence electrons. The Morgan fingerprint density at radius 2 is 1.96 bits per heavy atom. The third-order valence-electron chi connectivity index (χ3n) is 4.69. The van der Waals surface area contributed by atoms with Gasteiger partial charge in [0.15, 0.2) is 0 Å². The van der Waals surface area contributed by atoms with Crippen LogP contribution in [0.25, 0.3) is 0 Å². The zero-order valence-electron chi connectivity index (χ0n) is 15.4. The van der Waals surface area contributed by atoms with Crippen LogP contribution in [0.15, 0.2) is 48.5 Å². The number of aliphatic hydroxyl groups excluding tert-OH is 1. The van der Waals surface area contributed by atoms with E-state index in [1.54, 1.807) is 0 Å². The number of aliphatic hydroxyl groups is 1. The molecule has 0 spiro atoms. The van der Waals surface area contributed by atoms with Gasteiger partial charge in [0.05, 0.1) is 13.2 Å². The van der Waals surface area contributed by atoms with Gasteiger partial charge in [0.2, 0.25) is 5.91 Å². The average Bonchev–Trinajstić information content (AvgIpc) is 2.64. The second-order valence-corrected chi connectivity index (χ2v) is 6.81. The number of ether oxygens (including phenoxy) is 1. The van der Waals surface area contributed by atoms with E-state index < -0.39 is 0 Å². The highest BCUT2D eigenvalue weighted by atomic mass is 16.5. The molecule has 0 bridgehead atoms. The molecule has 2 aromatic carbocycles. The molecule has 2 aromatic rings. The molecule has 5 heteroatoms. The first kappa shape index (κ1) is 18.4. The summed E-state index contributed by atoms with van der Waals surface area (Å²) in [5.41, 5.74) is 3.28. The van der Waals surface area contributed by atoms with Gasteiger partial charge in [0.25, 0.3) is 0 Å². The number of nitrogens with zero attached hydrogens (tertiary/aromatic N) is 2. The Bertz CT molecular complexity index is 745. The number of aryl methyl sites for hydroxylation is 1. The lowest BCUT2D eigenvalue weighted by Gasteiger charge is -2.39. The molecule has 3 rings (SSSR count). The average molecular weight is 354 g/mol. The standard InChI is InChI=1S/C21H26N2O3/c1-16-4-3-5-19(12-16)23-13-17(2)22(15-21(23)25)14-18-6-8-20(9-7-18)26-11-10-24/h3-9,12,17,24H,10-11,13-15H2,1-2H3. The van der Waals surface area contributed by atoms with E-state index in [1.165, 1.54) is 0 Å². The summed E-state index contributed by atoms with van der Waals surface area (Å²) in [5.74, 6) is 0.882. The number of rotatable bonds is 6. The summed E-state index contributed by atoms with van der Waals surface area (Å²) in [6, 6.07) is 16.2. The summed E-state index contributed by atoms with van der Waals surface area (Å²) in [7, 11) is 0. The first-order valence-corrected chi connectivity index (χ1v) is 9.00. The van der Waals surface area contributed by atoms with Crippen LogP contribution in [0, 0.1) is 6.92 Å². The highest BCUT2D eigenvalue weighted by Gasteiger charge is 2.30. The van der Waals surface area contributed by atoms with Gasteiger partial charge in [-0.1, -0.05) is 24.3 Å². The van der Waals surface area contributed by atoms with Crippen LogP contribution < -0.4 is 9.64 Å². The summed E-state index contributed by atoms with van der Waals surface area (Å²) < 4.78 is 5.39. The predicted octanol–water partition coefficient (Wildman–Crippen LogP) is 2.60. The molecular weight excluding hydrogens is 328 g/mol. The first-order valence-electron chi connectivity index (χ1n) is 9.00. The van der Waals surface area contributed by atoms with Gasteiger partial charge in [-0.05, 0) is 49.2 Å². The maximum Gasteiger partial charge on any atom is 0.241 e. The lowest BCUT2D eigenvalue weighted by Crippen LogP contribution is -2.54. The number of hydrogen-bond donors (Lipinski definition) is 1. The number of anilines is 1. The predicted molar refractivity (Wildman–Crippen MR) is 102 cm³/mol. The van der Waals surface area contributed by atoms with Crippen molar-refractivity contribution in [2.24, 2.45) is 0 Å². The normalized spacial score (nSPS) is 18.2. The quantitative estimate of drug-likeness (QED) is 0.866. The zero-order valence-corrected chi connectivity index (χ0v) is 15.4. The van der Waals surface area contributed by atoms with Crippen LogP contribution in [0.2, 0.25) is 0 Å². The van der Waals surface area contributed by atoms with Crippen LogP contribution in [-0.4, -0.2) is 48.3 Å². The lowest BCUT2D eigenvalue weighted by atomic mass is 10.1. The minimum atomic E-state index is 0.00654. The van der Waals surface area contributed by atoms with Crippen LogP contribution in [0.3, 0.4) is 0 Å². The molecule has 1 heterocycles. The van der Waals surface area contributed by atoms with Crippen molar-refractivity contribution in [3.8, 4) is 5.75 Å². The zero-order chi connectivity index (χ0) is 18.5. The van der Waals surface area contributed by atoms with Gasteiger partial charge in [-0.25, -0.2) is 0 Å². The van der Waals surface area contributed by atoms with Gasteiger partial charge >= 0.3 is 0 Å². The summed E-state index contributed by atoms with van der Waals surface area (Å²) in [4.78, 5) is 16.8. The molecule has 1 saturated heterocycles. The van der Waals surface area contributed by atoms with E-state index in [2.05, 4.69) is 17.9 Å². The Kier molecular flexibility index (Phi) is 5.91. The van der Waals surface area contributed by atoms with E-state index in [-0.39, 0.29) is 18.6 Å². The van der Waals surface area contributed by atoms with E-state index in [0.29, 0.717) is 19.7 Å². The molecule has 1 N–H and O–H groups in total. The van der Waals surface area contributed by atoms with Crippen molar-refractivity contribution >= 4 is 11.6 Å². The highest BCUT2D eigenvalue weighted by Crippen LogP contribution is 2.23. The Balaban J connectivity index is 1.63. The number of hydrogen-bond acceptors (Lipinski definition) is 4. The van der Waals surface area contributed by atoms with Crippen molar-refractivity contribution < 1.29 is 14.6 Å². The van der Waals surface area contributed by atoms with Crippen molar-refractivity contribution in [1.82, 2.24) is 4.90 Å². The van der Waals surface area contributed by atoms with E-state index in [0.717, 1.165) is 29.1 Å². The molecule has 26 heavy (non-hydrogen) atoms. The fourth-order valence-electron chi connectivity index (χ4n) is 3.24. The van der Waals surface area contributed by atoms with Crippen LogP contribution >= 0.6 is 0 Å². The maximum absolute atomic E-state index is 12.7. The highest BCUT2D eigenvalue weighted by molar-refractivity contribution is 5.95. The molecule has 1 amide bonds. The second kappa shape index (κ2) is 8.34. The van der Waals surface area contributed by atoms with Gasteiger partial charge in [0.1, 0.15) is 12.4 Å². The molecule has 0 saturated carbocycles. The van der Waals surface area contributed by atoms with Gasteiger partial charge in [-0.3, -0.25) is 9.69 Å². The third-order valence-corrected chi connectivity index (χ3v) is 4.69. The Morgan fingerprint density at radius 3 is 2.65 bits per heavy atom. The molecular formula is C21H26N2O3. The van der Waals surface area contributed by atoms with E-state index in [9.17, 15) is 4.79 Å². The number of piperazine rings is 1. The molecule has 5 nitrogen and oxygen atoms in total. The van der Waals surface area contributed by atoms with Gasteiger partial charge in [-0.2, -0.15) is 0 Å². The van der Waals surface area contributed by atoms with Gasteiger partial charge < -0.3 is 14.7 Å². The molecule has 1 aliphatic heterocycles. The number of amides is 1. The second-order valence-electron chi connectivity index (χ2n) is 6.81. The van der Waals surface area contributed by atoms with Crippen LogP contribution in [0.4, 0.5) is 5.69 Å². The number of benzene rings is 2. The molecule has 1 fully saturated rings. The van der Waals surface area contributed by atoms with Crippen molar-refractivity contribution in [3.63, 3.8) is 0 Å². The molecule has 1 unspecified atom stereocenters. The van der Waals surface area contributed by atoms with Crippen LogP contribution in [-0.2, 0) is 11.3 Å². The molecule has 1 aliphatic rings. The van der Waals surface area contributed by atoms with Gasteiger partial charge in [0, 0.05) is 24.8 Å². The summed E-state index contributed by atoms with van der Waals surface area (Å²) >= 11 is 0. The van der Waals surface area contributed by atoms with Crippen molar-refractivity contribution in [3.05, 3.63) is 59.7 Å². The molecule has 0 aromatic heterocycles. The van der Waals surface area contributed by atoms with E-state index in [4.69, 9.17) is 9.84 Å². The summed E-state index contributed by atoms with van der Waals surface area (Å²) in [6.45, 7) is 6.35. The Morgan fingerprint density at radius 1 is 1.19 bits per heavy atom. The summed E-state index contributed by atoms with van der Waals surface area (Å²) in [6.07, 6.45) is 0. The van der Waals surface area contributed by atoms with Crippen LogP contribution in [0.5, 0.6) is 5.75 Å². The topological polar surface area (TPSA) is 53.0 Å². The van der Waals surface area contributed by atoms with Crippen molar-refractivity contribution in [2.75, 3.05) is 31.2 Å². The SMILES string of the molecule is Cc1cccc(N2CC(C)N(Cc3ccc(OCCO)cc3)CC2=O)c1. The third kappa shape index (κ3) is 4.42.